The first-order valence-electron chi connectivity index (χ1n) is 14.3. The molecule has 2 heterocycles. The van der Waals surface area contributed by atoms with Crippen molar-refractivity contribution in [1.82, 2.24) is 4.90 Å². The van der Waals surface area contributed by atoms with Crippen LogP contribution < -0.4 is 19.5 Å². The van der Waals surface area contributed by atoms with Gasteiger partial charge in [0.1, 0.15) is 11.6 Å². The van der Waals surface area contributed by atoms with Crippen LogP contribution >= 0.6 is 0 Å². The molecule has 222 valence electrons. The van der Waals surface area contributed by atoms with Gasteiger partial charge in [-0.05, 0) is 61.1 Å². The molecule has 1 unspecified atom stereocenters. The predicted octanol–water partition coefficient (Wildman–Crippen LogP) is 5.78. The summed E-state index contributed by atoms with van der Waals surface area (Å²) in [6.07, 6.45) is 1.50. The monoisotopic (exact) mass is 576 g/mol. The lowest BCUT2D eigenvalue weighted by Crippen LogP contribution is -2.36. The van der Waals surface area contributed by atoms with Crippen LogP contribution in [0.15, 0.2) is 42.5 Å². The molecule has 0 radical (unpaired) electrons. The van der Waals surface area contributed by atoms with E-state index in [1.807, 2.05) is 33.8 Å². The van der Waals surface area contributed by atoms with Gasteiger partial charge in [-0.25, -0.2) is 4.39 Å². The number of methoxy groups -OCH3 is 1. The fourth-order valence-corrected chi connectivity index (χ4v) is 6.51. The standard InChI is InChI=1S/C33H37FN2O6/c1-6-20-12-18(3)13-21(7-2)30(20)35-28(37)16-36-15-25(23-10-11-27-32(19(23)4)42-17-41-27)29(33(38)39)31(36)24-9-8-22(40-5)14-26(24)34/h8-14,25,29,31H,6-7,15-17H2,1-5H3,(H,35,37)(H,38,39)/t25-,29?,31+/m1/s1. The maximum Gasteiger partial charge on any atom is 0.309 e. The fourth-order valence-electron chi connectivity index (χ4n) is 6.51. The first-order chi connectivity index (χ1) is 20.2. The van der Waals surface area contributed by atoms with Crippen LogP contribution in [-0.2, 0) is 22.4 Å². The molecule has 1 fully saturated rings. The van der Waals surface area contributed by atoms with Gasteiger partial charge < -0.3 is 24.6 Å². The molecule has 0 saturated carbocycles. The number of rotatable bonds is 9. The summed E-state index contributed by atoms with van der Waals surface area (Å²) in [5.41, 5.74) is 5.75. The lowest BCUT2D eigenvalue weighted by atomic mass is 9.81. The molecule has 0 aliphatic carbocycles. The molecule has 5 rings (SSSR count). The zero-order valence-electron chi connectivity index (χ0n) is 24.6. The molecule has 1 saturated heterocycles. The number of amides is 1. The van der Waals surface area contributed by atoms with Crippen LogP contribution in [0, 0.1) is 25.6 Å². The van der Waals surface area contributed by atoms with Gasteiger partial charge in [0.05, 0.1) is 25.6 Å². The Morgan fingerprint density at radius 2 is 1.74 bits per heavy atom. The normalized spacial score (nSPS) is 19.6. The zero-order chi connectivity index (χ0) is 30.1. The molecular weight excluding hydrogens is 539 g/mol. The molecule has 0 aromatic heterocycles. The molecule has 0 bridgehead atoms. The highest BCUT2D eigenvalue weighted by Crippen LogP contribution is 2.50. The summed E-state index contributed by atoms with van der Waals surface area (Å²) >= 11 is 0. The molecule has 2 aliphatic rings. The van der Waals surface area contributed by atoms with Crippen molar-refractivity contribution in [3.63, 3.8) is 0 Å². The van der Waals surface area contributed by atoms with Gasteiger partial charge >= 0.3 is 5.97 Å². The van der Waals surface area contributed by atoms with Crippen molar-refractivity contribution < 1.29 is 33.3 Å². The number of hydrogen-bond donors (Lipinski definition) is 2. The summed E-state index contributed by atoms with van der Waals surface area (Å²) in [6.45, 7) is 8.21. The van der Waals surface area contributed by atoms with Gasteiger partial charge in [-0.15, -0.1) is 0 Å². The number of halogens is 1. The maximum absolute atomic E-state index is 15.6. The molecular formula is C33H37FN2O6. The van der Waals surface area contributed by atoms with E-state index < -0.39 is 29.7 Å². The van der Waals surface area contributed by atoms with Crippen molar-refractivity contribution in [2.24, 2.45) is 5.92 Å². The molecule has 42 heavy (non-hydrogen) atoms. The summed E-state index contributed by atoms with van der Waals surface area (Å²) < 4.78 is 31.9. The average molecular weight is 577 g/mol. The van der Waals surface area contributed by atoms with Gasteiger partial charge in [0.25, 0.3) is 0 Å². The summed E-state index contributed by atoms with van der Waals surface area (Å²) in [5, 5.41) is 13.7. The van der Waals surface area contributed by atoms with E-state index in [0.717, 1.165) is 46.3 Å². The van der Waals surface area contributed by atoms with Crippen LogP contribution in [0.4, 0.5) is 10.1 Å². The van der Waals surface area contributed by atoms with Crippen molar-refractivity contribution in [3.8, 4) is 17.2 Å². The van der Waals surface area contributed by atoms with E-state index in [-0.39, 0.29) is 31.4 Å². The maximum atomic E-state index is 15.6. The third kappa shape index (κ3) is 5.41. The number of nitrogens with one attached hydrogen (secondary N) is 1. The van der Waals surface area contributed by atoms with Crippen LogP contribution in [0.3, 0.4) is 0 Å². The minimum Gasteiger partial charge on any atom is -0.497 e. The number of anilines is 1. The van der Waals surface area contributed by atoms with E-state index in [2.05, 4.69) is 17.4 Å². The van der Waals surface area contributed by atoms with E-state index in [0.29, 0.717) is 17.2 Å². The van der Waals surface area contributed by atoms with Gasteiger partial charge in [0.2, 0.25) is 12.7 Å². The van der Waals surface area contributed by atoms with E-state index >= 15 is 4.39 Å². The summed E-state index contributed by atoms with van der Waals surface area (Å²) in [7, 11) is 1.44. The molecule has 0 spiro atoms. The van der Waals surface area contributed by atoms with Crippen LogP contribution in [-0.4, -0.2) is 48.9 Å². The molecule has 3 aromatic rings. The Morgan fingerprint density at radius 1 is 1.05 bits per heavy atom. The molecule has 3 aromatic carbocycles. The third-order valence-corrected chi connectivity index (χ3v) is 8.46. The quantitative estimate of drug-likeness (QED) is 0.333. The highest BCUT2D eigenvalue weighted by atomic mass is 19.1. The fraction of sp³-hybridized carbons (Fsp3) is 0.394. The Bertz CT molecular complexity index is 1500. The number of carbonyl (C=O) groups is 2. The molecule has 1 amide bonds. The van der Waals surface area contributed by atoms with Crippen LogP contribution in [0.2, 0.25) is 0 Å². The van der Waals surface area contributed by atoms with Crippen molar-refractivity contribution in [2.45, 2.75) is 52.5 Å². The zero-order valence-corrected chi connectivity index (χ0v) is 24.6. The number of aryl methyl sites for hydroxylation is 3. The molecule has 2 N–H and O–H groups in total. The van der Waals surface area contributed by atoms with Gasteiger partial charge in [0, 0.05) is 29.8 Å². The number of carboxylic acid groups (broad SMARTS) is 1. The van der Waals surface area contributed by atoms with Gasteiger partial charge in [-0.2, -0.15) is 0 Å². The predicted molar refractivity (Wildman–Crippen MR) is 157 cm³/mol. The number of ether oxygens (including phenoxy) is 3. The second-order valence-corrected chi connectivity index (χ2v) is 11.0. The number of fused-ring (bicyclic) bond motifs is 1. The van der Waals surface area contributed by atoms with E-state index in [1.54, 1.807) is 23.1 Å². The number of aliphatic carboxylic acids is 1. The second kappa shape index (κ2) is 12.0. The number of hydrogen-bond acceptors (Lipinski definition) is 6. The van der Waals surface area contributed by atoms with E-state index in [9.17, 15) is 14.7 Å². The smallest absolute Gasteiger partial charge is 0.309 e. The highest BCUT2D eigenvalue weighted by molar-refractivity contribution is 5.94. The second-order valence-electron chi connectivity index (χ2n) is 11.0. The molecule has 2 aliphatic heterocycles. The lowest BCUT2D eigenvalue weighted by Gasteiger charge is -2.27. The van der Waals surface area contributed by atoms with Crippen LogP contribution in [0.5, 0.6) is 17.2 Å². The molecule has 9 heteroatoms. The highest BCUT2D eigenvalue weighted by Gasteiger charge is 2.49. The van der Waals surface area contributed by atoms with Gasteiger partial charge in [0.15, 0.2) is 11.5 Å². The van der Waals surface area contributed by atoms with Crippen molar-refractivity contribution in [2.75, 3.05) is 32.3 Å². The number of carbonyl (C=O) groups excluding carboxylic acids is 1. The first kappa shape index (κ1) is 29.4. The third-order valence-electron chi connectivity index (χ3n) is 8.46. The van der Waals surface area contributed by atoms with Gasteiger partial charge in [-0.3, -0.25) is 14.5 Å². The van der Waals surface area contributed by atoms with Crippen molar-refractivity contribution in [1.29, 1.82) is 0 Å². The number of benzene rings is 3. The SMILES string of the molecule is CCc1cc(C)cc(CC)c1NC(=O)CN1C[C@H](c2ccc3c(c2C)OCO3)C(C(=O)O)[C@@H]1c1ccc(OC)cc1F. The largest absolute Gasteiger partial charge is 0.497 e. The number of likely N-dealkylation sites (tertiary alicyclic amines) is 1. The van der Waals surface area contributed by atoms with E-state index in [4.69, 9.17) is 14.2 Å². The number of nitrogens with zero attached hydrogens (tertiary/aromatic N) is 1. The number of carboxylic acids is 1. The Balaban J connectivity index is 1.54. The first-order valence-corrected chi connectivity index (χ1v) is 14.3. The van der Waals surface area contributed by atoms with Crippen molar-refractivity contribution in [3.05, 3.63) is 81.7 Å². The minimum atomic E-state index is -1.07. The topological polar surface area (TPSA) is 97.3 Å². The summed E-state index contributed by atoms with van der Waals surface area (Å²) in [6, 6.07) is 11.3. The van der Waals surface area contributed by atoms with Crippen LogP contribution in [0.25, 0.3) is 0 Å². The summed E-state index contributed by atoms with van der Waals surface area (Å²) in [5.74, 6) is -1.99. The summed E-state index contributed by atoms with van der Waals surface area (Å²) in [4.78, 5) is 28.4. The van der Waals surface area contributed by atoms with Gasteiger partial charge in [-0.1, -0.05) is 43.7 Å². The Labute approximate surface area is 245 Å². The van der Waals surface area contributed by atoms with Crippen molar-refractivity contribution >= 4 is 17.6 Å². The van der Waals surface area contributed by atoms with E-state index in [1.165, 1.54) is 13.2 Å². The average Bonchev–Trinajstić information content (AvgIpc) is 3.59. The minimum absolute atomic E-state index is 0.0944. The molecule has 8 nitrogen and oxygen atoms in total. The Kier molecular flexibility index (Phi) is 8.41. The van der Waals surface area contributed by atoms with Crippen LogP contribution in [0.1, 0.15) is 59.2 Å². The lowest BCUT2D eigenvalue weighted by molar-refractivity contribution is -0.143. The molecule has 3 atom stereocenters. The Hall–Kier alpha value is -4.11. The Morgan fingerprint density at radius 3 is 2.36 bits per heavy atom.